The molecule has 1 atom stereocenters. The van der Waals surface area contributed by atoms with Crippen LogP contribution in [0.4, 0.5) is 5.82 Å². The van der Waals surface area contributed by atoms with Crippen molar-refractivity contribution in [2.45, 2.75) is 19.4 Å². The highest BCUT2D eigenvalue weighted by Gasteiger charge is 2.34. The van der Waals surface area contributed by atoms with Gasteiger partial charge < -0.3 is 9.64 Å². The maximum Gasteiger partial charge on any atom is 0.207 e. The summed E-state index contributed by atoms with van der Waals surface area (Å²) < 4.78 is 28.7. The van der Waals surface area contributed by atoms with Gasteiger partial charge in [0.25, 0.3) is 0 Å². The Morgan fingerprint density at radius 2 is 2.08 bits per heavy atom. The quantitative estimate of drug-likeness (QED) is 0.787. The summed E-state index contributed by atoms with van der Waals surface area (Å²) in [5.74, 6) is 1.38. The monoisotopic (exact) mass is 361 g/mol. The van der Waals surface area contributed by atoms with Crippen LogP contribution in [0.2, 0.25) is 0 Å². The molecule has 132 valence electrons. The number of rotatable bonds is 5. The fourth-order valence-electron chi connectivity index (χ4n) is 3.00. The highest BCUT2D eigenvalue weighted by atomic mass is 32.2. The SMILES string of the molecule is CCN(c1nn(-c2ccc(OC)cc2)nc1C#N)C1CCS(=O)(=O)C1. The van der Waals surface area contributed by atoms with Gasteiger partial charge in [-0.15, -0.1) is 15.0 Å². The molecule has 1 fully saturated rings. The standard InChI is InChI=1S/C16H19N5O3S/c1-3-20(13-8-9-25(22,23)11-13)16-15(10-17)18-21(19-16)12-4-6-14(24-2)7-5-12/h4-7,13H,3,8-9,11H2,1-2H3. The molecule has 9 heteroatoms. The Morgan fingerprint density at radius 3 is 2.60 bits per heavy atom. The molecule has 1 aromatic carbocycles. The van der Waals surface area contributed by atoms with Gasteiger partial charge in [0.1, 0.15) is 11.8 Å². The van der Waals surface area contributed by atoms with Crippen LogP contribution < -0.4 is 9.64 Å². The molecule has 1 aliphatic heterocycles. The van der Waals surface area contributed by atoms with E-state index in [9.17, 15) is 13.7 Å². The van der Waals surface area contributed by atoms with Gasteiger partial charge in [-0.2, -0.15) is 5.26 Å². The molecule has 1 aliphatic rings. The molecule has 1 aromatic heterocycles. The van der Waals surface area contributed by atoms with Crippen molar-refractivity contribution in [3.63, 3.8) is 0 Å². The largest absolute Gasteiger partial charge is 0.497 e. The van der Waals surface area contributed by atoms with Crippen molar-refractivity contribution in [3.8, 4) is 17.5 Å². The molecule has 0 spiro atoms. The molecule has 2 heterocycles. The molecule has 1 saturated heterocycles. The van der Waals surface area contributed by atoms with E-state index in [2.05, 4.69) is 16.3 Å². The van der Waals surface area contributed by atoms with E-state index >= 15 is 0 Å². The zero-order valence-corrected chi connectivity index (χ0v) is 14.9. The van der Waals surface area contributed by atoms with Gasteiger partial charge in [-0.25, -0.2) is 8.42 Å². The van der Waals surface area contributed by atoms with Gasteiger partial charge in [-0.1, -0.05) is 0 Å². The summed E-state index contributed by atoms with van der Waals surface area (Å²) in [6.45, 7) is 2.47. The maximum atomic E-state index is 11.8. The van der Waals surface area contributed by atoms with E-state index in [1.54, 1.807) is 31.4 Å². The van der Waals surface area contributed by atoms with Gasteiger partial charge in [0.05, 0.1) is 24.3 Å². The Balaban J connectivity index is 1.95. The van der Waals surface area contributed by atoms with Crippen LogP contribution >= 0.6 is 0 Å². The second kappa shape index (κ2) is 6.72. The molecular weight excluding hydrogens is 342 g/mol. The molecule has 0 amide bonds. The first-order valence-corrected chi connectivity index (χ1v) is 9.78. The van der Waals surface area contributed by atoms with Crippen LogP contribution in [0, 0.1) is 11.3 Å². The van der Waals surface area contributed by atoms with Gasteiger partial charge in [-0.3, -0.25) is 0 Å². The van der Waals surface area contributed by atoms with Crippen molar-refractivity contribution in [2.75, 3.05) is 30.1 Å². The summed E-state index contributed by atoms with van der Waals surface area (Å²) in [7, 11) is -1.44. The fourth-order valence-corrected chi connectivity index (χ4v) is 4.73. The number of benzene rings is 1. The van der Waals surface area contributed by atoms with Gasteiger partial charge >= 0.3 is 0 Å². The Kier molecular flexibility index (Phi) is 4.63. The third-order valence-corrected chi connectivity index (χ3v) is 6.02. The number of ether oxygens (including phenoxy) is 1. The first-order chi connectivity index (χ1) is 12.0. The average molecular weight is 361 g/mol. The highest BCUT2D eigenvalue weighted by molar-refractivity contribution is 7.91. The van der Waals surface area contributed by atoms with Crippen LogP contribution in [-0.4, -0.2) is 54.6 Å². The predicted molar refractivity (Wildman–Crippen MR) is 92.7 cm³/mol. The van der Waals surface area contributed by atoms with Crippen molar-refractivity contribution in [3.05, 3.63) is 30.0 Å². The van der Waals surface area contributed by atoms with Crippen molar-refractivity contribution >= 4 is 15.7 Å². The predicted octanol–water partition coefficient (Wildman–Crippen LogP) is 1.16. The number of hydrogen-bond acceptors (Lipinski definition) is 7. The maximum absolute atomic E-state index is 11.8. The van der Waals surface area contributed by atoms with E-state index in [1.165, 1.54) is 4.80 Å². The second-order valence-electron chi connectivity index (χ2n) is 5.81. The van der Waals surface area contributed by atoms with Crippen molar-refractivity contribution < 1.29 is 13.2 Å². The zero-order valence-electron chi connectivity index (χ0n) is 14.1. The van der Waals surface area contributed by atoms with E-state index in [1.807, 2.05) is 11.8 Å². The molecule has 3 rings (SSSR count). The molecule has 0 radical (unpaired) electrons. The third kappa shape index (κ3) is 3.44. The van der Waals surface area contributed by atoms with Crippen LogP contribution in [-0.2, 0) is 9.84 Å². The number of nitrogens with zero attached hydrogens (tertiary/aromatic N) is 5. The van der Waals surface area contributed by atoms with Crippen LogP contribution in [0.5, 0.6) is 5.75 Å². The lowest BCUT2D eigenvalue weighted by molar-refractivity contribution is 0.414. The summed E-state index contributed by atoms with van der Waals surface area (Å²) in [4.78, 5) is 3.25. The minimum atomic E-state index is -3.02. The molecular formula is C16H19N5O3S. The molecule has 0 aliphatic carbocycles. The number of anilines is 1. The normalized spacial score (nSPS) is 18.7. The van der Waals surface area contributed by atoms with Crippen LogP contribution in [0.25, 0.3) is 5.69 Å². The summed E-state index contributed by atoms with van der Waals surface area (Å²) in [5, 5.41) is 18.1. The molecule has 2 aromatic rings. The minimum absolute atomic E-state index is 0.0844. The van der Waals surface area contributed by atoms with E-state index in [0.717, 1.165) is 0 Å². The number of sulfone groups is 1. The average Bonchev–Trinajstić information content (AvgIpc) is 3.19. The second-order valence-corrected chi connectivity index (χ2v) is 8.04. The summed E-state index contributed by atoms with van der Waals surface area (Å²) >= 11 is 0. The van der Waals surface area contributed by atoms with Crippen molar-refractivity contribution in [2.24, 2.45) is 0 Å². The summed E-state index contributed by atoms with van der Waals surface area (Å²) in [6.07, 6.45) is 0.538. The number of methoxy groups -OCH3 is 1. The third-order valence-electron chi connectivity index (χ3n) is 4.27. The van der Waals surface area contributed by atoms with Gasteiger partial charge in [0.2, 0.25) is 5.69 Å². The van der Waals surface area contributed by atoms with E-state index < -0.39 is 9.84 Å². The van der Waals surface area contributed by atoms with Crippen LogP contribution in [0.15, 0.2) is 24.3 Å². The molecule has 0 bridgehead atoms. The Bertz CT molecular complexity index is 899. The molecule has 0 N–H and O–H groups in total. The smallest absolute Gasteiger partial charge is 0.207 e. The summed E-state index contributed by atoms with van der Waals surface area (Å²) in [5.41, 5.74) is 0.876. The zero-order chi connectivity index (χ0) is 18.0. The van der Waals surface area contributed by atoms with Crippen LogP contribution in [0.1, 0.15) is 19.0 Å². The number of aromatic nitrogens is 3. The topological polar surface area (TPSA) is 101 Å². The van der Waals surface area contributed by atoms with Crippen molar-refractivity contribution in [1.82, 2.24) is 15.0 Å². The molecule has 0 saturated carbocycles. The Hall–Kier alpha value is -2.60. The Labute approximate surface area is 146 Å². The fraction of sp³-hybridized carbons (Fsp3) is 0.438. The van der Waals surface area contributed by atoms with Gasteiger partial charge in [0.15, 0.2) is 15.7 Å². The lowest BCUT2D eigenvalue weighted by Gasteiger charge is -2.26. The first kappa shape index (κ1) is 17.2. The van der Waals surface area contributed by atoms with E-state index in [0.29, 0.717) is 30.2 Å². The molecule has 25 heavy (non-hydrogen) atoms. The van der Waals surface area contributed by atoms with E-state index in [-0.39, 0.29) is 23.2 Å². The number of hydrogen-bond donors (Lipinski definition) is 0. The minimum Gasteiger partial charge on any atom is -0.497 e. The molecule has 8 nitrogen and oxygen atoms in total. The van der Waals surface area contributed by atoms with Crippen molar-refractivity contribution in [1.29, 1.82) is 5.26 Å². The van der Waals surface area contributed by atoms with Gasteiger partial charge in [-0.05, 0) is 37.6 Å². The molecule has 1 unspecified atom stereocenters. The lowest BCUT2D eigenvalue weighted by Crippen LogP contribution is -2.37. The lowest BCUT2D eigenvalue weighted by atomic mass is 10.2. The van der Waals surface area contributed by atoms with E-state index in [4.69, 9.17) is 4.74 Å². The van der Waals surface area contributed by atoms with Crippen LogP contribution in [0.3, 0.4) is 0 Å². The Morgan fingerprint density at radius 1 is 1.36 bits per heavy atom. The first-order valence-electron chi connectivity index (χ1n) is 7.96. The highest BCUT2D eigenvalue weighted by Crippen LogP contribution is 2.25. The summed E-state index contributed by atoms with van der Waals surface area (Å²) in [6, 6.07) is 9.03. The number of nitriles is 1. The van der Waals surface area contributed by atoms with Gasteiger partial charge in [0, 0.05) is 12.6 Å².